The molecule has 2 rings (SSSR count). The molecule has 0 unspecified atom stereocenters. The highest BCUT2D eigenvalue weighted by Crippen LogP contribution is 2.29. The summed E-state index contributed by atoms with van der Waals surface area (Å²) in [6.07, 6.45) is 0.909. The lowest BCUT2D eigenvalue weighted by molar-refractivity contribution is -0.119. The zero-order valence-electron chi connectivity index (χ0n) is 12.2. The van der Waals surface area contributed by atoms with Crippen molar-refractivity contribution < 1.29 is 17.9 Å². The molecule has 0 aliphatic carbocycles. The molecule has 0 aliphatic rings. The fourth-order valence-corrected chi connectivity index (χ4v) is 2.48. The molecule has 116 valence electrons. The minimum absolute atomic E-state index is 0.0316. The van der Waals surface area contributed by atoms with Crippen molar-refractivity contribution in [2.45, 2.75) is 6.42 Å². The van der Waals surface area contributed by atoms with Crippen LogP contribution in [0.15, 0.2) is 54.6 Å². The molecule has 0 radical (unpaired) electrons. The van der Waals surface area contributed by atoms with Gasteiger partial charge in [-0.15, -0.1) is 0 Å². The fourth-order valence-electron chi connectivity index (χ4n) is 1.96. The molecule has 0 aliphatic heterocycles. The summed E-state index contributed by atoms with van der Waals surface area (Å²) in [5, 5.41) is 0. The van der Waals surface area contributed by atoms with Crippen LogP contribution in [-0.2, 0) is 14.8 Å². The Hall–Kier alpha value is -2.34. The minimum Gasteiger partial charge on any atom is -0.492 e. The smallest absolute Gasteiger partial charge is 0.236 e. The van der Waals surface area contributed by atoms with Crippen LogP contribution in [0, 0.1) is 0 Å². The average Bonchev–Trinajstić information content (AvgIpc) is 2.47. The number of carbonyl (C=O) groups is 1. The predicted molar refractivity (Wildman–Crippen MR) is 85.0 cm³/mol. The first-order valence-electron chi connectivity index (χ1n) is 6.73. The molecule has 0 fully saturated rings. The van der Waals surface area contributed by atoms with E-state index in [0.29, 0.717) is 5.75 Å². The number of nitrogens with one attached hydrogen (secondary N) is 1. The maximum absolute atomic E-state index is 11.4. The van der Waals surface area contributed by atoms with Gasteiger partial charge in [0.1, 0.15) is 5.75 Å². The Labute approximate surface area is 130 Å². The van der Waals surface area contributed by atoms with Crippen LogP contribution in [0.2, 0.25) is 0 Å². The molecule has 0 spiro atoms. The Morgan fingerprint density at radius 1 is 1.05 bits per heavy atom. The van der Waals surface area contributed by atoms with Crippen molar-refractivity contribution in [3.63, 3.8) is 0 Å². The van der Waals surface area contributed by atoms with Gasteiger partial charge in [-0.1, -0.05) is 48.5 Å². The van der Waals surface area contributed by atoms with Crippen LogP contribution < -0.4 is 9.46 Å². The molecule has 0 bridgehead atoms. The Kier molecular flexibility index (Phi) is 5.16. The molecule has 2 aromatic carbocycles. The van der Waals surface area contributed by atoms with E-state index in [1.54, 1.807) is 0 Å². The van der Waals surface area contributed by atoms with E-state index in [0.717, 1.165) is 17.4 Å². The summed E-state index contributed by atoms with van der Waals surface area (Å²) in [5.41, 5.74) is 1.94. The molecule has 0 atom stereocenters. The molecule has 1 N–H and O–H groups in total. The number of para-hydroxylation sites is 1. The Balaban J connectivity index is 2.01. The summed E-state index contributed by atoms with van der Waals surface area (Å²) in [7, 11) is -3.52. The maximum Gasteiger partial charge on any atom is 0.236 e. The molecule has 2 aromatic rings. The van der Waals surface area contributed by atoms with Gasteiger partial charge in [-0.25, -0.2) is 8.42 Å². The molecule has 0 saturated heterocycles. The van der Waals surface area contributed by atoms with Gasteiger partial charge < -0.3 is 4.74 Å². The van der Waals surface area contributed by atoms with Crippen LogP contribution in [0.25, 0.3) is 11.1 Å². The van der Waals surface area contributed by atoms with Gasteiger partial charge >= 0.3 is 0 Å². The zero-order valence-corrected chi connectivity index (χ0v) is 13.0. The first kappa shape index (κ1) is 16.0. The third-order valence-corrected chi connectivity index (χ3v) is 3.46. The Morgan fingerprint density at radius 2 is 1.68 bits per heavy atom. The lowest BCUT2D eigenvalue weighted by atomic mass is 10.1. The first-order valence-corrected chi connectivity index (χ1v) is 8.63. The number of benzene rings is 2. The van der Waals surface area contributed by atoms with E-state index in [-0.39, 0.29) is 13.0 Å². The molecule has 22 heavy (non-hydrogen) atoms. The van der Waals surface area contributed by atoms with Gasteiger partial charge in [0.15, 0.2) is 0 Å². The summed E-state index contributed by atoms with van der Waals surface area (Å²) in [4.78, 5) is 11.4. The van der Waals surface area contributed by atoms with Crippen molar-refractivity contribution in [1.82, 2.24) is 4.72 Å². The lowest BCUT2D eigenvalue weighted by Gasteiger charge is -2.11. The summed E-state index contributed by atoms with van der Waals surface area (Å²) in [6, 6.07) is 17.2. The van der Waals surface area contributed by atoms with E-state index in [2.05, 4.69) is 0 Å². The number of ether oxygens (including phenoxy) is 1. The SMILES string of the molecule is CS(=O)(=O)NC(=O)CCOc1ccccc1-c1ccccc1. The molecular weight excluding hydrogens is 302 g/mol. The number of carbonyl (C=O) groups excluding carboxylic acids is 1. The van der Waals surface area contributed by atoms with Gasteiger partial charge in [0.2, 0.25) is 15.9 Å². The maximum atomic E-state index is 11.4. The highest BCUT2D eigenvalue weighted by atomic mass is 32.2. The second kappa shape index (κ2) is 7.09. The van der Waals surface area contributed by atoms with Crippen LogP contribution in [-0.4, -0.2) is 27.2 Å². The van der Waals surface area contributed by atoms with Gasteiger partial charge in [0, 0.05) is 5.56 Å². The number of hydrogen-bond acceptors (Lipinski definition) is 4. The number of hydrogen-bond donors (Lipinski definition) is 1. The number of rotatable bonds is 6. The lowest BCUT2D eigenvalue weighted by Crippen LogP contribution is -2.30. The van der Waals surface area contributed by atoms with Crippen molar-refractivity contribution in [3.05, 3.63) is 54.6 Å². The monoisotopic (exact) mass is 319 g/mol. The number of sulfonamides is 1. The molecule has 0 aromatic heterocycles. The third-order valence-electron chi connectivity index (χ3n) is 2.86. The topological polar surface area (TPSA) is 72.5 Å². The first-order chi connectivity index (χ1) is 10.5. The molecule has 1 amide bonds. The van der Waals surface area contributed by atoms with Crippen molar-refractivity contribution in [2.75, 3.05) is 12.9 Å². The molecule has 0 heterocycles. The van der Waals surface area contributed by atoms with E-state index >= 15 is 0 Å². The molecule has 6 heteroatoms. The van der Waals surface area contributed by atoms with Crippen molar-refractivity contribution in [1.29, 1.82) is 0 Å². The Bertz CT molecular complexity index is 742. The van der Waals surface area contributed by atoms with E-state index in [1.807, 2.05) is 59.3 Å². The van der Waals surface area contributed by atoms with Crippen LogP contribution in [0.1, 0.15) is 6.42 Å². The quantitative estimate of drug-likeness (QED) is 0.886. The zero-order chi connectivity index (χ0) is 16.0. The minimum atomic E-state index is -3.52. The largest absolute Gasteiger partial charge is 0.492 e. The van der Waals surface area contributed by atoms with E-state index in [9.17, 15) is 13.2 Å². The van der Waals surface area contributed by atoms with Gasteiger partial charge in [-0.05, 0) is 11.6 Å². The van der Waals surface area contributed by atoms with Crippen LogP contribution in [0.3, 0.4) is 0 Å². The normalized spacial score (nSPS) is 11.0. The van der Waals surface area contributed by atoms with Crippen LogP contribution in [0.5, 0.6) is 5.75 Å². The average molecular weight is 319 g/mol. The van der Waals surface area contributed by atoms with Gasteiger partial charge in [-0.3, -0.25) is 9.52 Å². The summed E-state index contributed by atoms with van der Waals surface area (Å²) in [6.45, 7) is 0.102. The van der Waals surface area contributed by atoms with Crippen molar-refractivity contribution >= 4 is 15.9 Å². The summed E-state index contributed by atoms with van der Waals surface area (Å²) >= 11 is 0. The van der Waals surface area contributed by atoms with Gasteiger partial charge in [-0.2, -0.15) is 0 Å². The Morgan fingerprint density at radius 3 is 2.36 bits per heavy atom. The second-order valence-corrected chi connectivity index (χ2v) is 6.51. The standard InChI is InChI=1S/C16H17NO4S/c1-22(19,20)17-16(18)11-12-21-15-10-6-5-9-14(15)13-7-3-2-4-8-13/h2-10H,11-12H2,1H3,(H,17,18). The predicted octanol–water partition coefficient (Wildman–Crippen LogP) is 2.20. The van der Waals surface area contributed by atoms with Gasteiger partial charge in [0.25, 0.3) is 0 Å². The number of amides is 1. The highest BCUT2D eigenvalue weighted by Gasteiger charge is 2.10. The summed E-state index contributed by atoms with van der Waals surface area (Å²) < 4.78 is 29.4. The van der Waals surface area contributed by atoms with Crippen LogP contribution in [0.4, 0.5) is 0 Å². The third kappa shape index (κ3) is 4.89. The van der Waals surface area contributed by atoms with Crippen LogP contribution >= 0.6 is 0 Å². The molecule has 0 saturated carbocycles. The summed E-state index contributed by atoms with van der Waals surface area (Å²) in [5.74, 6) is 0.0700. The molecule has 5 nitrogen and oxygen atoms in total. The van der Waals surface area contributed by atoms with Crippen molar-refractivity contribution in [2.24, 2.45) is 0 Å². The van der Waals surface area contributed by atoms with Crippen molar-refractivity contribution in [3.8, 4) is 16.9 Å². The van der Waals surface area contributed by atoms with E-state index in [4.69, 9.17) is 4.74 Å². The van der Waals surface area contributed by atoms with E-state index in [1.165, 1.54) is 0 Å². The van der Waals surface area contributed by atoms with Gasteiger partial charge in [0.05, 0.1) is 19.3 Å². The fraction of sp³-hybridized carbons (Fsp3) is 0.188. The second-order valence-electron chi connectivity index (χ2n) is 4.76. The molecular formula is C16H17NO4S. The highest BCUT2D eigenvalue weighted by molar-refractivity contribution is 7.89. The van der Waals surface area contributed by atoms with E-state index < -0.39 is 15.9 Å².